The molecular weight excluding hydrogens is 446 g/mol. The molecule has 2 heteroatoms. The van der Waals surface area contributed by atoms with Gasteiger partial charge in [-0.05, 0) is 52.2 Å². The highest BCUT2D eigenvalue weighted by atomic mass is 127. The lowest BCUT2D eigenvalue weighted by Gasteiger charge is -2.30. The van der Waals surface area contributed by atoms with Crippen molar-refractivity contribution in [2.45, 2.75) is 20.3 Å². The fourth-order valence-corrected chi connectivity index (χ4v) is 4.64. The van der Waals surface area contributed by atoms with E-state index in [1.54, 1.807) is 5.57 Å². The van der Waals surface area contributed by atoms with Crippen molar-refractivity contribution in [3.05, 3.63) is 46.1 Å². The minimum atomic E-state index is 0.282. The zero-order chi connectivity index (χ0) is 13.3. The van der Waals surface area contributed by atoms with Crippen LogP contribution in [0.15, 0.2) is 46.1 Å². The smallest absolute Gasteiger partial charge is 0.0178 e. The molecule has 2 rings (SSSR count). The second-order valence-corrected chi connectivity index (χ2v) is 7.81. The van der Waals surface area contributed by atoms with Crippen LogP contribution in [0, 0.1) is 23.2 Å². The first kappa shape index (κ1) is 14.8. The number of alkyl halides is 1. The Morgan fingerprint density at radius 2 is 2.17 bits per heavy atom. The lowest BCUT2D eigenvalue weighted by atomic mass is 9.75. The Hall–Kier alpha value is 0.420. The van der Waals surface area contributed by atoms with E-state index in [0.29, 0.717) is 17.8 Å². The monoisotopic (exact) mass is 466 g/mol. The molecule has 0 aromatic carbocycles. The average Bonchev–Trinajstić information content (AvgIpc) is 2.52. The number of halogens is 2. The summed E-state index contributed by atoms with van der Waals surface area (Å²) >= 11 is 4.89. The quantitative estimate of drug-likeness (QED) is 0.285. The summed E-state index contributed by atoms with van der Waals surface area (Å²) in [5.41, 5.74) is 1.92. The van der Waals surface area contributed by atoms with Crippen molar-refractivity contribution >= 4 is 45.2 Å². The van der Waals surface area contributed by atoms with E-state index >= 15 is 0 Å². The Morgan fingerprint density at radius 1 is 1.44 bits per heavy atom. The van der Waals surface area contributed by atoms with E-state index < -0.39 is 0 Å². The zero-order valence-corrected chi connectivity index (χ0v) is 15.3. The molecule has 0 spiro atoms. The van der Waals surface area contributed by atoms with Gasteiger partial charge < -0.3 is 0 Å². The molecule has 0 saturated heterocycles. The maximum absolute atomic E-state index is 3.95. The fraction of sp³-hybridized carbons (Fsp3) is 0.500. The molecule has 0 aromatic heterocycles. The molecule has 3 atom stereocenters. The summed E-state index contributed by atoms with van der Waals surface area (Å²) < 4.78 is 2.49. The van der Waals surface area contributed by atoms with Gasteiger partial charge in [-0.1, -0.05) is 72.4 Å². The molecule has 0 amide bonds. The Bertz CT molecular complexity index is 426. The van der Waals surface area contributed by atoms with Gasteiger partial charge in [0.2, 0.25) is 0 Å². The molecule has 0 aliphatic heterocycles. The van der Waals surface area contributed by atoms with Crippen LogP contribution in [0.25, 0.3) is 0 Å². The topological polar surface area (TPSA) is 0 Å². The van der Waals surface area contributed by atoms with Crippen molar-refractivity contribution in [3.8, 4) is 0 Å². The first-order chi connectivity index (χ1) is 8.52. The molecular formula is C16H20I2. The van der Waals surface area contributed by atoms with E-state index in [1.807, 2.05) is 0 Å². The van der Waals surface area contributed by atoms with Gasteiger partial charge in [0.1, 0.15) is 0 Å². The van der Waals surface area contributed by atoms with Crippen LogP contribution in [0.4, 0.5) is 0 Å². The van der Waals surface area contributed by atoms with Gasteiger partial charge in [-0.15, -0.1) is 6.58 Å². The van der Waals surface area contributed by atoms with E-state index in [4.69, 9.17) is 0 Å². The molecule has 0 radical (unpaired) electrons. The number of hydrogen-bond donors (Lipinski definition) is 0. The molecule has 0 bridgehead atoms. The maximum atomic E-state index is 3.95. The first-order valence-electron chi connectivity index (χ1n) is 6.45. The normalized spacial score (nSPS) is 35.4. The highest BCUT2D eigenvalue weighted by Gasteiger charge is 2.49. The van der Waals surface area contributed by atoms with E-state index in [1.165, 1.54) is 3.58 Å². The van der Waals surface area contributed by atoms with Gasteiger partial charge in [0.05, 0.1) is 0 Å². The third-order valence-corrected chi connectivity index (χ3v) is 5.55. The molecule has 0 heterocycles. The average molecular weight is 466 g/mol. The molecule has 1 saturated carbocycles. The molecule has 1 fully saturated rings. The van der Waals surface area contributed by atoms with Crippen LogP contribution in [0.3, 0.4) is 0 Å². The zero-order valence-electron chi connectivity index (χ0n) is 11.0. The van der Waals surface area contributed by atoms with E-state index in [9.17, 15) is 0 Å². The van der Waals surface area contributed by atoms with Crippen LogP contribution in [0.1, 0.15) is 20.3 Å². The first-order valence-corrected chi connectivity index (χ1v) is 9.05. The molecule has 18 heavy (non-hydrogen) atoms. The van der Waals surface area contributed by atoms with Crippen LogP contribution in [-0.2, 0) is 0 Å². The molecule has 0 N–H and O–H groups in total. The minimum absolute atomic E-state index is 0.282. The van der Waals surface area contributed by atoms with Gasteiger partial charge in [0.15, 0.2) is 0 Å². The van der Waals surface area contributed by atoms with Crippen LogP contribution in [-0.4, -0.2) is 4.43 Å². The van der Waals surface area contributed by atoms with Crippen LogP contribution >= 0.6 is 45.2 Å². The molecule has 2 aliphatic rings. The molecule has 98 valence electrons. The largest absolute Gasteiger partial charge is 0.103 e. The van der Waals surface area contributed by atoms with Crippen LogP contribution in [0.5, 0.6) is 0 Å². The van der Waals surface area contributed by atoms with Gasteiger partial charge in [-0.25, -0.2) is 0 Å². The van der Waals surface area contributed by atoms with E-state index in [-0.39, 0.29) is 5.41 Å². The summed E-state index contributed by atoms with van der Waals surface area (Å²) in [6.45, 7) is 8.77. The number of rotatable bonds is 3. The summed E-state index contributed by atoms with van der Waals surface area (Å²) in [5, 5.41) is 0. The predicted molar refractivity (Wildman–Crippen MR) is 97.3 cm³/mol. The Balaban J connectivity index is 2.45. The van der Waals surface area contributed by atoms with E-state index in [0.717, 1.165) is 10.8 Å². The lowest BCUT2D eigenvalue weighted by Crippen LogP contribution is -2.22. The molecule has 0 aromatic rings. The van der Waals surface area contributed by atoms with Gasteiger partial charge in [-0.2, -0.15) is 0 Å². The molecule has 2 aliphatic carbocycles. The van der Waals surface area contributed by atoms with Crippen LogP contribution < -0.4 is 0 Å². The molecule has 0 nitrogen and oxygen atoms in total. The summed E-state index contributed by atoms with van der Waals surface area (Å²) in [6, 6.07) is 0. The van der Waals surface area contributed by atoms with Gasteiger partial charge in [-0.3, -0.25) is 0 Å². The van der Waals surface area contributed by atoms with Crippen molar-refractivity contribution in [1.82, 2.24) is 0 Å². The third-order valence-electron chi connectivity index (χ3n) is 4.39. The summed E-state index contributed by atoms with van der Waals surface area (Å²) in [6.07, 6.45) is 12.8. The number of allylic oxidation sites excluding steroid dienone is 7. The Kier molecular flexibility index (Phi) is 4.79. The Morgan fingerprint density at radius 3 is 2.78 bits per heavy atom. The van der Waals surface area contributed by atoms with Gasteiger partial charge in [0.25, 0.3) is 0 Å². The summed E-state index contributed by atoms with van der Waals surface area (Å²) in [4.78, 5) is 0. The van der Waals surface area contributed by atoms with Crippen molar-refractivity contribution in [1.29, 1.82) is 0 Å². The van der Waals surface area contributed by atoms with E-state index in [2.05, 4.69) is 96.0 Å². The van der Waals surface area contributed by atoms with Crippen molar-refractivity contribution in [3.63, 3.8) is 0 Å². The number of hydrogen-bond acceptors (Lipinski definition) is 0. The third kappa shape index (κ3) is 2.51. The lowest BCUT2D eigenvalue weighted by molar-refractivity contribution is 0.321. The molecule has 2 unspecified atom stereocenters. The predicted octanol–water partition coefficient (Wildman–Crippen LogP) is 5.70. The van der Waals surface area contributed by atoms with Crippen molar-refractivity contribution in [2.75, 3.05) is 4.43 Å². The number of fused-ring (bicyclic) bond motifs is 1. The second kappa shape index (κ2) is 5.81. The van der Waals surface area contributed by atoms with Gasteiger partial charge in [0, 0.05) is 8.01 Å². The maximum Gasteiger partial charge on any atom is 0.0178 e. The fourth-order valence-electron chi connectivity index (χ4n) is 3.57. The van der Waals surface area contributed by atoms with Crippen LogP contribution in [0.2, 0.25) is 0 Å². The van der Waals surface area contributed by atoms with Gasteiger partial charge >= 0.3 is 0 Å². The second-order valence-electron chi connectivity index (χ2n) is 5.68. The summed E-state index contributed by atoms with van der Waals surface area (Å²) in [5.74, 6) is 1.95. The standard InChI is InChI=1S/C16H20I2/c1-4-5-12-13-7-6-11(18)10-15(13)16(2,3)14(12)8-9-17/h4,6-8,10,12-13,15H,1,5,9H2,2-3H3/b14-8+/t12-,13?,15?/m1/s1. The highest BCUT2D eigenvalue weighted by Crippen LogP contribution is 2.57. The SMILES string of the molecule is C=CC[C@H]1/C(=C\CI)C(C)(C)C2C=C(I)C=CC21. The minimum Gasteiger partial charge on any atom is -0.103 e. The highest BCUT2D eigenvalue weighted by molar-refractivity contribution is 14.1. The van der Waals surface area contributed by atoms with Crippen molar-refractivity contribution in [2.24, 2.45) is 23.2 Å². The van der Waals surface area contributed by atoms with Crippen molar-refractivity contribution < 1.29 is 0 Å². The Labute approximate surface area is 138 Å². The summed E-state index contributed by atoms with van der Waals surface area (Å²) in [7, 11) is 0.